The molecular weight excluding hydrogens is 606 g/mol. The minimum Gasteiger partial charge on any atom is -0.406 e. The molecule has 3 aliphatic carbocycles. The van der Waals surface area contributed by atoms with Crippen molar-refractivity contribution in [2.45, 2.75) is 87.5 Å². The molecule has 9 nitrogen and oxygen atoms in total. The van der Waals surface area contributed by atoms with E-state index in [-0.39, 0.29) is 42.3 Å². The van der Waals surface area contributed by atoms with Crippen LogP contribution in [0.1, 0.15) is 79.8 Å². The van der Waals surface area contributed by atoms with Crippen LogP contribution in [0.2, 0.25) is 0 Å². The van der Waals surface area contributed by atoms with Crippen LogP contribution in [0.15, 0.2) is 42.5 Å². The lowest BCUT2D eigenvalue weighted by Gasteiger charge is -2.48. The van der Waals surface area contributed by atoms with Gasteiger partial charge in [-0.05, 0) is 81.0 Å². The number of halogens is 4. The lowest BCUT2D eigenvalue weighted by Crippen LogP contribution is -2.53. The van der Waals surface area contributed by atoms with Crippen molar-refractivity contribution in [2.24, 2.45) is 5.92 Å². The molecule has 1 heterocycles. The van der Waals surface area contributed by atoms with E-state index in [4.69, 9.17) is 0 Å². The van der Waals surface area contributed by atoms with E-state index < -0.39 is 51.1 Å². The Morgan fingerprint density at radius 2 is 1.66 bits per heavy atom. The molecule has 44 heavy (non-hydrogen) atoms. The zero-order chi connectivity index (χ0) is 31.4. The first-order chi connectivity index (χ1) is 20.8. The van der Waals surface area contributed by atoms with Gasteiger partial charge in [-0.1, -0.05) is 6.42 Å². The average molecular weight is 638 g/mol. The number of anilines is 1. The quantitative estimate of drug-likeness (QED) is 0.389. The van der Waals surface area contributed by atoms with E-state index in [1.54, 1.807) is 9.80 Å². The van der Waals surface area contributed by atoms with E-state index in [1.165, 1.54) is 30.3 Å². The molecule has 0 aromatic heterocycles. The summed E-state index contributed by atoms with van der Waals surface area (Å²) in [5, 5.41) is -0.574. The van der Waals surface area contributed by atoms with Gasteiger partial charge in [0, 0.05) is 47.7 Å². The predicted octanol–water partition coefficient (Wildman–Crippen LogP) is 4.97. The molecule has 6 rings (SSSR count). The Kier molecular flexibility index (Phi) is 7.83. The Balaban J connectivity index is 1.28. The predicted molar refractivity (Wildman–Crippen MR) is 149 cm³/mol. The number of carbonyl (C=O) groups is 3. The molecule has 236 valence electrons. The molecule has 4 aliphatic rings. The molecule has 0 spiro atoms. The summed E-state index contributed by atoms with van der Waals surface area (Å²) in [5.41, 5.74) is 0.979. The van der Waals surface area contributed by atoms with Crippen molar-refractivity contribution in [2.75, 3.05) is 4.90 Å². The van der Waals surface area contributed by atoms with Crippen molar-refractivity contribution in [1.82, 2.24) is 9.62 Å². The fourth-order valence-electron chi connectivity index (χ4n) is 6.56. The molecule has 0 unspecified atom stereocenters. The number of amides is 3. The largest absolute Gasteiger partial charge is 0.573 e. The lowest BCUT2D eigenvalue weighted by molar-refractivity contribution is -0.274. The smallest absolute Gasteiger partial charge is 0.406 e. The van der Waals surface area contributed by atoms with Gasteiger partial charge < -0.3 is 14.5 Å². The first-order valence-electron chi connectivity index (χ1n) is 14.7. The van der Waals surface area contributed by atoms with E-state index in [1.807, 2.05) is 0 Å². The number of alkyl halides is 3. The van der Waals surface area contributed by atoms with Gasteiger partial charge in [0.15, 0.2) is 0 Å². The Morgan fingerprint density at radius 3 is 2.30 bits per heavy atom. The maximum absolute atomic E-state index is 14.8. The molecule has 3 atom stereocenters. The van der Waals surface area contributed by atoms with E-state index in [0.717, 1.165) is 31.4 Å². The topological polar surface area (TPSA) is 113 Å². The van der Waals surface area contributed by atoms with Crippen LogP contribution in [0.25, 0.3) is 0 Å². The third-order valence-electron chi connectivity index (χ3n) is 8.70. The molecular formula is C30H31F4N3O6S. The Labute approximate surface area is 251 Å². The van der Waals surface area contributed by atoms with Gasteiger partial charge in [0.1, 0.15) is 11.6 Å². The molecule has 1 aliphatic heterocycles. The van der Waals surface area contributed by atoms with E-state index in [2.05, 4.69) is 9.46 Å². The highest BCUT2D eigenvalue weighted by Gasteiger charge is 2.51. The number of carbonyl (C=O) groups excluding carboxylic acids is 3. The van der Waals surface area contributed by atoms with E-state index in [0.29, 0.717) is 36.9 Å². The second-order valence-electron chi connectivity index (χ2n) is 11.9. The number of rotatable bonds is 9. The van der Waals surface area contributed by atoms with Gasteiger partial charge in [0.2, 0.25) is 21.8 Å². The lowest BCUT2D eigenvalue weighted by atomic mass is 9.81. The van der Waals surface area contributed by atoms with Crippen molar-refractivity contribution in [1.29, 1.82) is 0 Å². The Hall–Kier alpha value is -3.68. The molecule has 0 bridgehead atoms. The standard InChI is InChI=1S/C30H31F4N3O6S/c31-18-6-13-25-23(16-18)28(36(19-7-8-19)27(39)15-14-26(38)35-44(41,42)21-11-12-21)22-2-1-3-24(22)37(25)29(40)17-4-9-20(10-5-17)43-30(32,33)34/h4-6,9-10,13,16,19,21-22,24,28H,1-3,7-8,11-12,14-15H2,(H,35,38)/t22-,24+,28-/m1/s1. The molecule has 1 N–H and O–H groups in total. The molecule has 2 aromatic carbocycles. The molecule has 14 heteroatoms. The van der Waals surface area contributed by atoms with Gasteiger partial charge in [-0.25, -0.2) is 12.8 Å². The van der Waals surface area contributed by atoms with E-state index >= 15 is 0 Å². The van der Waals surface area contributed by atoms with Gasteiger partial charge >= 0.3 is 6.36 Å². The fraction of sp³-hybridized carbons (Fsp3) is 0.500. The summed E-state index contributed by atoms with van der Waals surface area (Å²) >= 11 is 0. The van der Waals surface area contributed by atoms with Crippen molar-refractivity contribution < 1.29 is 45.1 Å². The summed E-state index contributed by atoms with van der Waals surface area (Å²) in [6.45, 7) is 0. The summed E-state index contributed by atoms with van der Waals surface area (Å²) < 4.78 is 83.0. The van der Waals surface area contributed by atoms with Crippen LogP contribution in [0.3, 0.4) is 0 Å². The SMILES string of the molecule is O=C(CCC(=O)N(C1CC1)[C@H]1c2cc(F)ccc2N(C(=O)c2ccc(OC(F)(F)F)cc2)[C@H]2CCC[C@H]21)NS(=O)(=O)C1CC1. The number of ether oxygens (including phenoxy) is 1. The number of sulfonamides is 1. The highest BCUT2D eigenvalue weighted by Crippen LogP contribution is 2.53. The third-order valence-corrected chi connectivity index (χ3v) is 10.6. The number of nitrogens with one attached hydrogen (secondary N) is 1. The number of hydrogen-bond donors (Lipinski definition) is 1. The van der Waals surface area contributed by atoms with Crippen LogP contribution < -0.4 is 14.4 Å². The maximum atomic E-state index is 14.8. The van der Waals surface area contributed by atoms with Crippen LogP contribution in [-0.2, 0) is 19.6 Å². The highest BCUT2D eigenvalue weighted by molar-refractivity contribution is 7.90. The fourth-order valence-corrected chi connectivity index (χ4v) is 7.91. The normalized spacial score (nSPS) is 23.0. The summed E-state index contributed by atoms with van der Waals surface area (Å²) in [6, 6.07) is 7.56. The van der Waals surface area contributed by atoms with Crippen LogP contribution >= 0.6 is 0 Å². The molecule has 0 saturated heterocycles. The number of nitrogens with zero attached hydrogens (tertiary/aromatic N) is 2. The molecule has 0 radical (unpaired) electrons. The van der Waals surface area contributed by atoms with Crippen molar-refractivity contribution in [3.8, 4) is 5.75 Å². The maximum Gasteiger partial charge on any atom is 0.573 e. The van der Waals surface area contributed by atoms with Crippen molar-refractivity contribution in [3.63, 3.8) is 0 Å². The van der Waals surface area contributed by atoms with Gasteiger partial charge in [-0.3, -0.25) is 19.1 Å². The second-order valence-corrected chi connectivity index (χ2v) is 13.8. The minimum atomic E-state index is -4.88. The number of benzene rings is 2. The van der Waals surface area contributed by atoms with Crippen LogP contribution in [-0.4, -0.2) is 54.7 Å². The third kappa shape index (κ3) is 6.26. The molecule has 3 amide bonds. The van der Waals surface area contributed by atoms with E-state index in [9.17, 15) is 40.4 Å². The van der Waals surface area contributed by atoms with Gasteiger partial charge in [-0.2, -0.15) is 0 Å². The first-order valence-corrected chi connectivity index (χ1v) is 16.2. The average Bonchev–Trinajstić information content (AvgIpc) is 3.89. The van der Waals surface area contributed by atoms with Crippen LogP contribution in [0, 0.1) is 11.7 Å². The Morgan fingerprint density at radius 1 is 0.955 bits per heavy atom. The summed E-state index contributed by atoms with van der Waals surface area (Å²) in [5.74, 6) is -2.85. The van der Waals surface area contributed by atoms with Crippen molar-refractivity contribution in [3.05, 3.63) is 59.4 Å². The zero-order valence-corrected chi connectivity index (χ0v) is 24.4. The summed E-state index contributed by atoms with van der Waals surface area (Å²) in [7, 11) is -3.74. The monoisotopic (exact) mass is 637 g/mol. The minimum absolute atomic E-state index is 0.126. The summed E-state index contributed by atoms with van der Waals surface area (Å²) in [6.07, 6.45) is -1.00. The molecule has 3 saturated carbocycles. The zero-order valence-electron chi connectivity index (χ0n) is 23.6. The first kappa shape index (κ1) is 30.4. The van der Waals surface area contributed by atoms with Gasteiger partial charge in [0.25, 0.3) is 5.91 Å². The number of fused-ring (bicyclic) bond motifs is 2. The van der Waals surface area contributed by atoms with Gasteiger partial charge in [0.05, 0.1) is 11.3 Å². The van der Waals surface area contributed by atoms with Crippen molar-refractivity contribution >= 4 is 33.4 Å². The molecule has 3 fully saturated rings. The molecule has 2 aromatic rings. The highest BCUT2D eigenvalue weighted by atomic mass is 32.2. The van der Waals surface area contributed by atoms with Gasteiger partial charge in [-0.15, -0.1) is 13.2 Å². The van der Waals surface area contributed by atoms with Crippen LogP contribution in [0.5, 0.6) is 5.75 Å². The van der Waals surface area contributed by atoms with Crippen LogP contribution in [0.4, 0.5) is 23.2 Å². The second kappa shape index (κ2) is 11.4. The number of hydrogen-bond acceptors (Lipinski definition) is 6. The Bertz CT molecular complexity index is 1570. The summed E-state index contributed by atoms with van der Waals surface area (Å²) in [4.78, 5) is 43.3.